The van der Waals surface area contributed by atoms with E-state index in [1.165, 1.54) is 12.1 Å². The number of rotatable bonds is 17. The Kier molecular flexibility index (Phi) is 12.7. The SMILES string of the molecule is CCCCCCC(=O)OCCOCCOCCNc1ccc([N+](=O)[O-])cc1[N+](=O)[O-]. The molecule has 1 N–H and O–H groups in total. The second-order valence-corrected chi connectivity index (χ2v) is 6.40. The van der Waals surface area contributed by atoms with Crippen molar-refractivity contribution in [2.75, 3.05) is 44.9 Å². The lowest BCUT2D eigenvalue weighted by Gasteiger charge is -2.09. The molecule has 0 saturated carbocycles. The molecule has 11 nitrogen and oxygen atoms in total. The van der Waals surface area contributed by atoms with Gasteiger partial charge in [0, 0.05) is 19.0 Å². The first-order valence-electron chi connectivity index (χ1n) is 9.93. The summed E-state index contributed by atoms with van der Waals surface area (Å²) in [5.41, 5.74) is -0.530. The zero-order chi connectivity index (χ0) is 22.2. The van der Waals surface area contributed by atoms with Gasteiger partial charge in [0.1, 0.15) is 12.3 Å². The normalized spacial score (nSPS) is 10.6. The highest BCUT2D eigenvalue weighted by molar-refractivity contribution is 5.69. The number of nitrogens with zero attached hydrogens (tertiary/aromatic N) is 2. The van der Waals surface area contributed by atoms with E-state index in [0.29, 0.717) is 19.6 Å². The maximum atomic E-state index is 11.5. The van der Waals surface area contributed by atoms with Crippen LogP contribution in [0.25, 0.3) is 0 Å². The van der Waals surface area contributed by atoms with Crippen molar-refractivity contribution in [2.24, 2.45) is 0 Å². The highest BCUT2D eigenvalue weighted by Gasteiger charge is 2.18. The fraction of sp³-hybridized carbons (Fsp3) is 0.632. The summed E-state index contributed by atoms with van der Waals surface area (Å²) >= 11 is 0. The molecular weight excluding hydrogens is 398 g/mol. The van der Waals surface area contributed by atoms with Gasteiger partial charge in [0.15, 0.2) is 0 Å². The number of carbonyl (C=O) groups excluding carboxylic acids is 1. The van der Waals surface area contributed by atoms with Gasteiger partial charge >= 0.3 is 5.97 Å². The monoisotopic (exact) mass is 427 g/mol. The maximum absolute atomic E-state index is 11.5. The first-order chi connectivity index (χ1) is 14.5. The number of nitro benzene ring substituents is 2. The summed E-state index contributed by atoms with van der Waals surface area (Å²) in [5, 5.41) is 24.6. The number of esters is 1. The van der Waals surface area contributed by atoms with Crippen LogP contribution in [0.4, 0.5) is 17.1 Å². The summed E-state index contributed by atoms with van der Waals surface area (Å²) in [7, 11) is 0. The summed E-state index contributed by atoms with van der Waals surface area (Å²) < 4.78 is 15.7. The van der Waals surface area contributed by atoms with E-state index in [1.807, 2.05) is 0 Å². The molecule has 0 spiro atoms. The molecule has 168 valence electrons. The number of ether oxygens (including phenoxy) is 3. The van der Waals surface area contributed by atoms with Gasteiger partial charge in [-0.15, -0.1) is 0 Å². The highest BCUT2D eigenvalue weighted by Crippen LogP contribution is 2.28. The highest BCUT2D eigenvalue weighted by atomic mass is 16.6. The van der Waals surface area contributed by atoms with Crippen LogP contribution in [-0.2, 0) is 19.0 Å². The van der Waals surface area contributed by atoms with E-state index in [-0.39, 0.29) is 49.4 Å². The largest absolute Gasteiger partial charge is 0.463 e. The van der Waals surface area contributed by atoms with E-state index >= 15 is 0 Å². The van der Waals surface area contributed by atoms with Crippen molar-refractivity contribution in [1.82, 2.24) is 0 Å². The number of hydrogen-bond donors (Lipinski definition) is 1. The summed E-state index contributed by atoms with van der Waals surface area (Å²) in [4.78, 5) is 31.9. The summed E-state index contributed by atoms with van der Waals surface area (Å²) in [6, 6.07) is 3.40. The number of benzene rings is 1. The van der Waals surface area contributed by atoms with E-state index in [2.05, 4.69) is 12.2 Å². The topological polar surface area (TPSA) is 143 Å². The fourth-order valence-corrected chi connectivity index (χ4v) is 2.50. The minimum Gasteiger partial charge on any atom is -0.463 e. The van der Waals surface area contributed by atoms with E-state index < -0.39 is 9.85 Å². The zero-order valence-electron chi connectivity index (χ0n) is 17.2. The first kappa shape index (κ1) is 25.2. The van der Waals surface area contributed by atoms with Gasteiger partial charge < -0.3 is 19.5 Å². The van der Waals surface area contributed by atoms with Crippen LogP contribution >= 0.6 is 0 Å². The van der Waals surface area contributed by atoms with Gasteiger partial charge in [-0.2, -0.15) is 0 Å². The van der Waals surface area contributed by atoms with Gasteiger partial charge in [0.25, 0.3) is 11.4 Å². The van der Waals surface area contributed by atoms with Crippen LogP contribution in [0.15, 0.2) is 18.2 Å². The molecule has 30 heavy (non-hydrogen) atoms. The molecule has 1 aromatic rings. The van der Waals surface area contributed by atoms with E-state index in [1.54, 1.807) is 0 Å². The van der Waals surface area contributed by atoms with Gasteiger partial charge in [0.2, 0.25) is 0 Å². The second-order valence-electron chi connectivity index (χ2n) is 6.40. The Labute approximate surface area is 175 Å². The summed E-state index contributed by atoms with van der Waals surface area (Å²) in [6.07, 6.45) is 4.56. The van der Waals surface area contributed by atoms with Crippen molar-refractivity contribution < 1.29 is 28.9 Å². The Balaban J connectivity index is 2.08. The van der Waals surface area contributed by atoms with Crippen molar-refractivity contribution >= 4 is 23.0 Å². The Morgan fingerprint density at radius 3 is 2.33 bits per heavy atom. The van der Waals surface area contributed by atoms with Crippen LogP contribution in [0.2, 0.25) is 0 Å². The first-order valence-corrected chi connectivity index (χ1v) is 9.93. The number of unbranched alkanes of at least 4 members (excludes halogenated alkanes) is 3. The molecule has 0 bridgehead atoms. The molecule has 0 aromatic heterocycles. The van der Waals surface area contributed by atoms with Gasteiger partial charge in [-0.05, 0) is 12.5 Å². The predicted octanol–water partition coefficient (Wildman–Crippen LogP) is 3.46. The van der Waals surface area contributed by atoms with Gasteiger partial charge in [0.05, 0.1) is 42.3 Å². The van der Waals surface area contributed by atoms with Crippen LogP contribution in [0.3, 0.4) is 0 Å². The van der Waals surface area contributed by atoms with Crippen molar-refractivity contribution in [1.29, 1.82) is 0 Å². The molecule has 0 radical (unpaired) electrons. The molecule has 1 aromatic carbocycles. The fourth-order valence-electron chi connectivity index (χ4n) is 2.50. The van der Waals surface area contributed by atoms with E-state index in [0.717, 1.165) is 31.7 Å². The minimum atomic E-state index is -0.686. The van der Waals surface area contributed by atoms with E-state index in [4.69, 9.17) is 14.2 Å². The predicted molar refractivity (Wildman–Crippen MR) is 110 cm³/mol. The quantitative estimate of drug-likeness (QED) is 0.171. The third-order valence-electron chi connectivity index (χ3n) is 4.05. The van der Waals surface area contributed by atoms with Gasteiger partial charge in [-0.1, -0.05) is 26.2 Å². The Hall–Kier alpha value is -2.79. The van der Waals surface area contributed by atoms with Crippen LogP contribution in [0, 0.1) is 20.2 Å². The van der Waals surface area contributed by atoms with Crippen molar-refractivity contribution in [3.05, 3.63) is 38.4 Å². The van der Waals surface area contributed by atoms with Crippen LogP contribution in [0.1, 0.15) is 39.0 Å². The van der Waals surface area contributed by atoms with E-state index in [9.17, 15) is 25.0 Å². The molecule has 0 fully saturated rings. The molecule has 11 heteroatoms. The summed E-state index contributed by atoms with van der Waals surface area (Å²) in [5.74, 6) is -0.211. The number of anilines is 1. The molecule has 0 atom stereocenters. The second kappa shape index (κ2) is 15.1. The number of non-ortho nitro benzene ring substituents is 1. The van der Waals surface area contributed by atoms with Crippen LogP contribution in [-0.4, -0.2) is 55.4 Å². The van der Waals surface area contributed by atoms with Crippen molar-refractivity contribution in [3.63, 3.8) is 0 Å². The number of nitro groups is 2. The molecule has 0 aliphatic heterocycles. The Bertz CT molecular complexity index is 684. The number of hydrogen-bond acceptors (Lipinski definition) is 9. The number of carbonyl (C=O) groups is 1. The average molecular weight is 427 g/mol. The third kappa shape index (κ3) is 10.7. The lowest BCUT2D eigenvalue weighted by molar-refractivity contribution is -0.393. The zero-order valence-corrected chi connectivity index (χ0v) is 17.2. The summed E-state index contributed by atoms with van der Waals surface area (Å²) in [6.45, 7) is 3.80. The lowest BCUT2D eigenvalue weighted by atomic mass is 10.2. The molecular formula is C19H29N3O8. The van der Waals surface area contributed by atoms with Crippen molar-refractivity contribution in [2.45, 2.75) is 39.0 Å². The lowest BCUT2D eigenvalue weighted by Crippen LogP contribution is -2.15. The molecule has 0 unspecified atom stereocenters. The van der Waals surface area contributed by atoms with Gasteiger partial charge in [-0.3, -0.25) is 25.0 Å². The maximum Gasteiger partial charge on any atom is 0.305 e. The molecule has 0 amide bonds. The minimum absolute atomic E-state index is 0.182. The van der Waals surface area contributed by atoms with Crippen LogP contribution in [0.5, 0.6) is 0 Å². The Morgan fingerprint density at radius 2 is 1.67 bits per heavy atom. The molecule has 0 aliphatic carbocycles. The molecule has 0 heterocycles. The smallest absolute Gasteiger partial charge is 0.305 e. The van der Waals surface area contributed by atoms with Gasteiger partial charge in [-0.25, -0.2) is 0 Å². The number of nitrogens with one attached hydrogen (secondary N) is 1. The van der Waals surface area contributed by atoms with Crippen LogP contribution < -0.4 is 5.32 Å². The average Bonchev–Trinajstić information content (AvgIpc) is 2.72. The molecule has 1 rings (SSSR count). The van der Waals surface area contributed by atoms with Crippen molar-refractivity contribution in [3.8, 4) is 0 Å². The molecule has 0 aliphatic rings. The molecule has 0 saturated heterocycles. The standard InChI is InChI=1S/C19H29N3O8/c1-2-3-4-5-6-19(23)30-14-13-29-12-11-28-10-9-20-17-8-7-16(21(24)25)15-18(17)22(26)27/h7-8,15,20H,2-6,9-14H2,1H3. The third-order valence-corrected chi connectivity index (χ3v) is 4.05. The Morgan fingerprint density at radius 1 is 0.967 bits per heavy atom.